The predicted octanol–water partition coefficient (Wildman–Crippen LogP) is 3.43. The molecule has 0 saturated carbocycles. The Kier molecular flexibility index (Phi) is 4.19. The number of nitrogens with zero attached hydrogens (tertiary/aromatic N) is 3. The molecular weight excluding hydrogens is 391 g/mol. The molecule has 0 fully saturated rings. The van der Waals surface area contributed by atoms with E-state index in [0.29, 0.717) is 11.4 Å². The van der Waals surface area contributed by atoms with Gasteiger partial charge in [0.25, 0.3) is 5.91 Å². The second-order valence-corrected chi connectivity index (χ2v) is 5.95. The number of carbonyl (C=O) groups excluding carboxylic acids is 1. The molecule has 1 amide bonds. The number of nitrogens with one attached hydrogen (secondary N) is 1. The van der Waals surface area contributed by atoms with Gasteiger partial charge >= 0.3 is 0 Å². The third-order valence-corrected chi connectivity index (χ3v) is 3.87. The zero-order chi connectivity index (χ0) is 15.5. The smallest absolute Gasteiger partial charge is 0.259 e. The lowest BCUT2D eigenvalue weighted by molar-refractivity contribution is 0.102. The minimum absolute atomic E-state index is 0.179. The normalized spacial score (nSPS) is 10.5. The largest absolute Gasteiger partial charge is 0.322 e. The van der Waals surface area contributed by atoms with Crippen molar-refractivity contribution in [3.05, 3.63) is 69.7 Å². The van der Waals surface area contributed by atoms with Gasteiger partial charge in [-0.3, -0.25) is 4.79 Å². The van der Waals surface area contributed by atoms with E-state index in [9.17, 15) is 4.79 Å². The van der Waals surface area contributed by atoms with Crippen molar-refractivity contribution in [1.82, 2.24) is 14.8 Å². The summed E-state index contributed by atoms with van der Waals surface area (Å²) in [6.45, 7) is 1.85. The molecular formula is C16H13IN4O. The first kappa shape index (κ1) is 14.7. The highest BCUT2D eigenvalue weighted by atomic mass is 127. The standard InChI is InChI=1S/C16H13IN4O/c1-11-14(10-19-21(11)15-7-2-3-8-18-15)16(22)20-13-6-4-5-12(17)9-13/h2-10H,1H3,(H,20,22). The molecule has 5 nitrogen and oxygen atoms in total. The molecule has 0 radical (unpaired) electrons. The monoisotopic (exact) mass is 404 g/mol. The second-order valence-electron chi connectivity index (χ2n) is 4.71. The maximum Gasteiger partial charge on any atom is 0.259 e. The Morgan fingerprint density at radius 1 is 1.23 bits per heavy atom. The third kappa shape index (κ3) is 3.01. The van der Waals surface area contributed by atoms with Gasteiger partial charge in [-0.2, -0.15) is 5.10 Å². The molecule has 2 aromatic heterocycles. The molecule has 0 bridgehead atoms. The van der Waals surface area contributed by atoms with Crippen molar-refractivity contribution < 1.29 is 4.79 Å². The number of hydrogen-bond donors (Lipinski definition) is 1. The van der Waals surface area contributed by atoms with Gasteiger partial charge in [-0.05, 0) is 59.8 Å². The van der Waals surface area contributed by atoms with Crippen LogP contribution in [0.1, 0.15) is 16.1 Å². The van der Waals surface area contributed by atoms with E-state index in [1.54, 1.807) is 17.1 Å². The summed E-state index contributed by atoms with van der Waals surface area (Å²) in [6, 6.07) is 13.2. The van der Waals surface area contributed by atoms with Crippen molar-refractivity contribution >= 4 is 34.2 Å². The lowest BCUT2D eigenvalue weighted by Gasteiger charge is -2.06. The van der Waals surface area contributed by atoms with Crippen molar-refractivity contribution in [3.8, 4) is 5.82 Å². The minimum atomic E-state index is -0.179. The molecule has 3 rings (SSSR count). The number of amides is 1. The summed E-state index contributed by atoms with van der Waals surface area (Å²) in [5, 5.41) is 7.15. The predicted molar refractivity (Wildman–Crippen MR) is 93.2 cm³/mol. The number of benzene rings is 1. The fourth-order valence-corrected chi connectivity index (χ4v) is 2.65. The number of rotatable bonds is 3. The van der Waals surface area contributed by atoms with Crippen LogP contribution in [0.3, 0.4) is 0 Å². The molecule has 0 atom stereocenters. The maximum absolute atomic E-state index is 12.4. The first-order valence-electron chi connectivity index (χ1n) is 6.68. The molecule has 1 aromatic carbocycles. The van der Waals surface area contributed by atoms with E-state index in [4.69, 9.17) is 0 Å². The first-order valence-corrected chi connectivity index (χ1v) is 7.76. The van der Waals surface area contributed by atoms with E-state index >= 15 is 0 Å². The second kappa shape index (κ2) is 6.27. The van der Waals surface area contributed by atoms with Crippen LogP contribution in [0.2, 0.25) is 0 Å². The maximum atomic E-state index is 12.4. The van der Waals surface area contributed by atoms with Crippen molar-refractivity contribution in [2.75, 3.05) is 5.32 Å². The molecule has 0 saturated heterocycles. The van der Waals surface area contributed by atoms with Crippen LogP contribution in [-0.4, -0.2) is 20.7 Å². The van der Waals surface area contributed by atoms with Gasteiger partial charge in [0.15, 0.2) is 5.82 Å². The van der Waals surface area contributed by atoms with Crippen LogP contribution in [-0.2, 0) is 0 Å². The quantitative estimate of drug-likeness (QED) is 0.681. The highest BCUT2D eigenvalue weighted by Gasteiger charge is 2.15. The van der Waals surface area contributed by atoms with Crippen LogP contribution in [0.15, 0.2) is 54.9 Å². The summed E-state index contributed by atoms with van der Waals surface area (Å²) in [5.74, 6) is 0.509. The molecule has 22 heavy (non-hydrogen) atoms. The van der Waals surface area contributed by atoms with Gasteiger partial charge in [0, 0.05) is 15.5 Å². The van der Waals surface area contributed by atoms with Crippen molar-refractivity contribution in [3.63, 3.8) is 0 Å². The molecule has 2 heterocycles. The molecule has 110 valence electrons. The molecule has 0 aliphatic rings. The average molecular weight is 404 g/mol. The van der Waals surface area contributed by atoms with E-state index in [2.05, 4.69) is 38.0 Å². The highest BCUT2D eigenvalue weighted by Crippen LogP contribution is 2.16. The van der Waals surface area contributed by atoms with Crippen molar-refractivity contribution in [2.24, 2.45) is 0 Å². The van der Waals surface area contributed by atoms with Gasteiger partial charge in [-0.1, -0.05) is 12.1 Å². The summed E-state index contributed by atoms with van der Waals surface area (Å²) in [5.41, 5.74) is 2.05. The minimum Gasteiger partial charge on any atom is -0.322 e. The molecule has 0 aliphatic carbocycles. The lowest BCUT2D eigenvalue weighted by atomic mass is 10.2. The Balaban J connectivity index is 1.87. The Hall–Kier alpha value is -2.22. The van der Waals surface area contributed by atoms with E-state index < -0.39 is 0 Å². The zero-order valence-electron chi connectivity index (χ0n) is 11.8. The Bertz CT molecular complexity index is 814. The summed E-state index contributed by atoms with van der Waals surface area (Å²) < 4.78 is 2.72. The molecule has 1 N–H and O–H groups in total. The highest BCUT2D eigenvalue weighted by molar-refractivity contribution is 14.1. The van der Waals surface area contributed by atoms with Crippen LogP contribution >= 0.6 is 22.6 Å². The van der Waals surface area contributed by atoms with Gasteiger partial charge in [-0.25, -0.2) is 9.67 Å². The number of anilines is 1. The average Bonchev–Trinajstić information content (AvgIpc) is 2.90. The van der Waals surface area contributed by atoms with Crippen LogP contribution in [0, 0.1) is 10.5 Å². The number of aromatic nitrogens is 3. The zero-order valence-corrected chi connectivity index (χ0v) is 14.0. The van der Waals surface area contributed by atoms with Crippen LogP contribution < -0.4 is 5.32 Å². The van der Waals surface area contributed by atoms with Gasteiger partial charge < -0.3 is 5.32 Å². The number of carbonyl (C=O) groups is 1. The van der Waals surface area contributed by atoms with Crippen molar-refractivity contribution in [1.29, 1.82) is 0 Å². The number of pyridine rings is 1. The van der Waals surface area contributed by atoms with Crippen LogP contribution in [0.25, 0.3) is 5.82 Å². The first-order chi connectivity index (χ1) is 10.6. The number of hydrogen-bond acceptors (Lipinski definition) is 3. The lowest BCUT2D eigenvalue weighted by Crippen LogP contribution is -2.13. The molecule has 6 heteroatoms. The third-order valence-electron chi connectivity index (χ3n) is 3.20. The summed E-state index contributed by atoms with van der Waals surface area (Å²) in [7, 11) is 0. The summed E-state index contributed by atoms with van der Waals surface area (Å²) >= 11 is 2.21. The van der Waals surface area contributed by atoms with E-state index in [0.717, 1.165) is 15.0 Å². The molecule has 0 unspecified atom stereocenters. The summed E-state index contributed by atoms with van der Waals surface area (Å²) in [6.07, 6.45) is 3.26. The molecule has 3 aromatic rings. The van der Waals surface area contributed by atoms with Gasteiger partial charge in [0.2, 0.25) is 0 Å². The summed E-state index contributed by atoms with van der Waals surface area (Å²) in [4.78, 5) is 16.6. The Labute approximate surface area is 141 Å². The van der Waals surface area contributed by atoms with Gasteiger partial charge in [-0.15, -0.1) is 0 Å². The molecule has 0 spiro atoms. The topological polar surface area (TPSA) is 59.8 Å². The van der Waals surface area contributed by atoms with Crippen molar-refractivity contribution in [2.45, 2.75) is 6.92 Å². The van der Waals surface area contributed by atoms with Crippen LogP contribution in [0.5, 0.6) is 0 Å². The van der Waals surface area contributed by atoms with E-state index in [-0.39, 0.29) is 5.91 Å². The Morgan fingerprint density at radius 2 is 2.09 bits per heavy atom. The van der Waals surface area contributed by atoms with Crippen LogP contribution in [0.4, 0.5) is 5.69 Å². The van der Waals surface area contributed by atoms with Gasteiger partial charge in [0.05, 0.1) is 17.5 Å². The van der Waals surface area contributed by atoms with E-state index in [1.807, 2.05) is 49.4 Å². The number of halogens is 1. The fourth-order valence-electron chi connectivity index (χ4n) is 2.11. The fraction of sp³-hybridized carbons (Fsp3) is 0.0625. The SMILES string of the molecule is Cc1c(C(=O)Nc2cccc(I)c2)cnn1-c1ccccn1. The van der Waals surface area contributed by atoms with E-state index in [1.165, 1.54) is 0 Å². The molecule has 0 aliphatic heterocycles. The Morgan fingerprint density at radius 3 is 2.82 bits per heavy atom. The van der Waals surface area contributed by atoms with Gasteiger partial charge in [0.1, 0.15) is 0 Å².